The molecule has 1 nitrogen and oxygen atoms in total. The minimum absolute atomic E-state index is 0.690. The second-order valence-electron chi connectivity index (χ2n) is 5.62. The first-order valence-electron chi connectivity index (χ1n) is 6.76. The third-order valence-corrected chi connectivity index (χ3v) is 4.91. The summed E-state index contributed by atoms with van der Waals surface area (Å²) in [6.45, 7) is 4.96. The molecular weight excluding hydrogens is 274 g/mol. The van der Waals surface area contributed by atoms with Crippen LogP contribution in [0.5, 0.6) is 0 Å². The highest BCUT2D eigenvalue weighted by atomic mass is 79.9. The van der Waals surface area contributed by atoms with Gasteiger partial charge in [0.15, 0.2) is 0 Å². The van der Waals surface area contributed by atoms with Crippen LogP contribution in [-0.2, 0) is 6.42 Å². The zero-order valence-electron chi connectivity index (χ0n) is 10.5. The van der Waals surface area contributed by atoms with Crippen LogP contribution >= 0.6 is 15.9 Å². The van der Waals surface area contributed by atoms with E-state index in [0.29, 0.717) is 6.04 Å². The van der Waals surface area contributed by atoms with Crippen molar-refractivity contribution in [2.75, 3.05) is 13.1 Å². The molecule has 1 aromatic carbocycles. The number of hydrogen-bond acceptors (Lipinski definition) is 1. The summed E-state index contributed by atoms with van der Waals surface area (Å²) in [6.07, 6.45) is 5.33. The molecule has 0 amide bonds. The van der Waals surface area contributed by atoms with Gasteiger partial charge in [0, 0.05) is 10.5 Å². The molecule has 1 heterocycles. The van der Waals surface area contributed by atoms with E-state index in [0.717, 1.165) is 5.92 Å². The van der Waals surface area contributed by atoms with Gasteiger partial charge in [0.1, 0.15) is 0 Å². The van der Waals surface area contributed by atoms with Crippen molar-refractivity contribution < 1.29 is 0 Å². The second kappa shape index (κ2) is 4.74. The third-order valence-electron chi connectivity index (χ3n) is 4.41. The number of hydrogen-bond donors (Lipinski definition) is 0. The van der Waals surface area contributed by atoms with Crippen molar-refractivity contribution in [1.82, 2.24) is 4.90 Å². The Morgan fingerprint density at radius 2 is 1.94 bits per heavy atom. The molecular formula is C15H20BrN. The summed E-state index contributed by atoms with van der Waals surface area (Å²) in [7, 11) is 0. The zero-order chi connectivity index (χ0) is 11.8. The molecule has 0 radical (unpaired) electrons. The van der Waals surface area contributed by atoms with Gasteiger partial charge in [0.2, 0.25) is 0 Å². The summed E-state index contributed by atoms with van der Waals surface area (Å²) in [5.74, 6) is 0.926. The van der Waals surface area contributed by atoms with Gasteiger partial charge in [-0.25, -0.2) is 0 Å². The number of nitrogens with zero attached hydrogens (tertiary/aromatic N) is 1. The molecule has 1 fully saturated rings. The van der Waals surface area contributed by atoms with E-state index in [1.165, 1.54) is 43.2 Å². The van der Waals surface area contributed by atoms with Crippen LogP contribution in [0, 0.1) is 5.92 Å². The van der Waals surface area contributed by atoms with Gasteiger partial charge in [-0.1, -0.05) is 28.9 Å². The molecule has 0 saturated carbocycles. The van der Waals surface area contributed by atoms with E-state index in [1.54, 1.807) is 11.1 Å². The Hall–Kier alpha value is -0.340. The summed E-state index contributed by atoms with van der Waals surface area (Å²) in [5.41, 5.74) is 3.14. The van der Waals surface area contributed by atoms with Gasteiger partial charge < -0.3 is 0 Å². The Balaban J connectivity index is 1.81. The van der Waals surface area contributed by atoms with E-state index >= 15 is 0 Å². The first-order chi connectivity index (χ1) is 8.24. The molecule has 1 aliphatic heterocycles. The van der Waals surface area contributed by atoms with Gasteiger partial charge in [-0.05, 0) is 68.0 Å². The van der Waals surface area contributed by atoms with Gasteiger partial charge in [-0.15, -0.1) is 0 Å². The minimum atomic E-state index is 0.690. The standard InChI is InChI=1S/C15H20BrN/c1-11-6-8-17(9-7-11)15-5-3-12-2-4-13(16)10-14(12)15/h2,4,10-11,15H,3,5-9H2,1H3. The van der Waals surface area contributed by atoms with Crippen molar-refractivity contribution in [2.45, 2.75) is 38.6 Å². The number of aryl methyl sites for hydroxylation is 1. The summed E-state index contributed by atoms with van der Waals surface area (Å²) >= 11 is 3.61. The lowest BCUT2D eigenvalue weighted by molar-refractivity contribution is 0.137. The van der Waals surface area contributed by atoms with Gasteiger partial charge in [-0.2, -0.15) is 0 Å². The summed E-state index contributed by atoms with van der Waals surface area (Å²) in [6, 6.07) is 7.51. The molecule has 3 rings (SSSR count). The van der Waals surface area contributed by atoms with Crippen LogP contribution in [0.15, 0.2) is 22.7 Å². The van der Waals surface area contributed by atoms with Crippen molar-refractivity contribution in [3.8, 4) is 0 Å². The van der Waals surface area contributed by atoms with Crippen LogP contribution in [-0.4, -0.2) is 18.0 Å². The molecule has 1 aromatic rings. The normalized spacial score (nSPS) is 26.1. The lowest BCUT2D eigenvalue weighted by Gasteiger charge is -2.35. The Kier molecular flexibility index (Phi) is 3.27. The van der Waals surface area contributed by atoms with Crippen LogP contribution < -0.4 is 0 Å². The predicted octanol–water partition coefficient (Wildman–Crippen LogP) is 4.17. The van der Waals surface area contributed by atoms with Crippen molar-refractivity contribution in [3.05, 3.63) is 33.8 Å². The fraction of sp³-hybridized carbons (Fsp3) is 0.600. The van der Waals surface area contributed by atoms with Crippen molar-refractivity contribution in [1.29, 1.82) is 0 Å². The largest absolute Gasteiger partial charge is 0.296 e. The average Bonchev–Trinajstić information content (AvgIpc) is 2.73. The zero-order valence-corrected chi connectivity index (χ0v) is 12.0. The SMILES string of the molecule is CC1CCN(C2CCc3ccc(Br)cc32)CC1. The average molecular weight is 294 g/mol. The molecule has 0 aromatic heterocycles. The number of halogens is 1. The fourth-order valence-corrected chi connectivity index (χ4v) is 3.65. The molecule has 92 valence electrons. The predicted molar refractivity (Wildman–Crippen MR) is 75.2 cm³/mol. The number of likely N-dealkylation sites (tertiary alicyclic amines) is 1. The van der Waals surface area contributed by atoms with Crippen LogP contribution in [0.2, 0.25) is 0 Å². The van der Waals surface area contributed by atoms with Crippen LogP contribution in [0.1, 0.15) is 43.4 Å². The van der Waals surface area contributed by atoms with E-state index in [9.17, 15) is 0 Å². The van der Waals surface area contributed by atoms with Crippen LogP contribution in [0.25, 0.3) is 0 Å². The molecule has 2 aliphatic rings. The fourth-order valence-electron chi connectivity index (χ4n) is 3.27. The summed E-state index contributed by atoms with van der Waals surface area (Å²) < 4.78 is 1.23. The Morgan fingerprint density at radius 1 is 1.18 bits per heavy atom. The molecule has 2 heteroatoms. The monoisotopic (exact) mass is 293 g/mol. The van der Waals surface area contributed by atoms with E-state index in [4.69, 9.17) is 0 Å². The minimum Gasteiger partial charge on any atom is -0.296 e. The topological polar surface area (TPSA) is 3.24 Å². The highest BCUT2D eigenvalue weighted by Crippen LogP contribution is 2.38. The Labute approximate surface area is 112 Å². The van der Waals surface area contributed by atoms with E-state index in [1.807, 2.05) is 0 Å². The third kappa shape index (κ3) is 2.30. The first kappa shape index (κ1) is 11.7. The Morgan fingerprint density at radius 3 is 2.71 bits per heavy atom. The van der Waals surface area contributed by atoms with Crippen molar-refractivity contribution >= 4 is 15.9 Å². The second-order valence-corrected chi connectivity index (χ2v) is 6.53. The maximum Gasteiger partial charge on any atom is 0.0354 e. The Bertz CT molecular complexity index is 407. The quantitative estimate of drug-likeness (QED) is 0.751. The number of rotatable bonds is 1. The molecule has 1 unspecified atom stereocenters. The van der Waals surface area contributed by atoms with Crippen LogP contribution in [0.3, 0.4) is 0 Å². The maximum absolute atomic E-state index is 3.61. The van der Waals surface area contributed by atoms with Gasteiger partial charge >= 0.3 is 0 Å². The van der Waals surface area contributed by atoms with E-state index < -0.39 is 0 Å². The lowest BCUT2D eigenvalue weighted by atomic mass is 9.96. The number of fused-ring (bicyclic) bond motifs is 1. The molecule has 17 heavy (non-hydrogen) atoms. The van der Waals surface area contributed by atoms with Crippen molar-refractivity contribution in [3.63, 3.8) is 0 Å². The van der Waals surface area contributed by atoms with Crippen molar-refractivity contribution in [2.24, 2.45) is 5.92 Å². The van der Waals surface area contributed by atoms with Gasteiger partial charge in [0.05, 0.1) is 0 Å². The lowest BCUT2D eigenvalue weighted by Crippen LogP contribution is -2.35. The molecule has 1 atom stereocenters. The highest BCUT2D eigenvalue weighted by Gasteiger charge is 2.29. The first-order valence-corrected chi connectivity index (χ1v) is 7.55. The molecule has 1 saturated heterocycles. The number of piperidine rings is 1. The van der Waals surface area contributed by atoms with E-state index in [2.05, 4.69) is 46.0 Å². The van der Waals surface area contributed by atoms with Gasteiger partial charge in [0.25, 0.3) is 0 Å². The molecule has 0 spiro atoms. The van der Waals surface area contributed by atoms with Crippen LogP contribution in [0.4, 0.5) is 0 Å². The molecule has 0 bridgehead atoms. The van der Waals surface area contributed by atoms with Gasteiger partial charge in [-0.3, -0.25) is 4.90 Å². The molecule has 0 N–H and O–H groups in total. The summed E-state index contributed by atoms with van der Waals surface area (Å²) in [4.78, 5) is 2.71. The smallest absolute Gasteiger partial charge is 0.0354 e. The highest BCUT2D eigenvalue weighted by molar-refractivity contribution is 9.10. The summed E-state index contributed by atoms with van der Waals surface area (Å²) in [5, 5.41) is 0. The van der Waals surface area contributed by atoms with E-state index in [-0.39, 0.29) is 0 Å². The number of benzene rings is 1. The maximum atomic E-state index is 3.61. The molecule has 1 aliphatic carbocycles.